The lowest BCUT2D eigenvalue weighted by atomic mass is 10.0. The van der Waals surface area contributed by atoms with Crippen molar-refractivity contribution in [2.75, 3.05) is 19.7 Å². The Hall–Kier alpha value is -3.75. The summed E-state index contributed by atoms with van der Waals surface area (Å²) in [5.74, 6) is 0.281. The Morgan fingerprint density at radius 2 is 1.89 bits per heavy atom. The highest BCUT2D eigenvalue weighted by molar-refractivity contribution is 5.95. The molecule has 2 aromatic heterocycles. The first kappa shape index (κ1) is 23.0. The molecule has 9 heteroatoms. The molecule has 2 aliphatic rings. The quantitative estimate of drug-likeness (QED) is 0.621. The summed E-state index contributed by atoms with van der Waals surface area (Å²) in [5.41, 5.74) is 5.70. The lowest BCUT2D eigenvalue weighted by Gasteiger charge is -2.31. The van der Waals surface area contributed by atoms with Crippen LogP contribution in [0.5, 0.6) is 0 Å². The van der Waals surface area contributed by atoms with Gasteiger partial charge in [0.2, 0.25) is 0 Å². The fraction of sp³-hybridized carbons (Fsp3) is 0.423. The number of carbonyl (C=O) groups excluding carboxylic acids is 2. The van der Waals surface area contributed by atoms with Crippen LogP contribution >= 0.6 is 0 Å². The van der Waals surface area contributed by atoms with Crippen molar-refractivity contribution in [3.63, 3.8) is 0 Å². The maximum absolute atomic E-state index is 13.0. The van der Waals surface area contributed by atoms with Gasteiger partial charge in [0.25, 0.3) is 11.9 Å². The molecule has 0 spiro atoms. The monoisotopic (exact) mass is 474 g/mol. The summed E-state index contributed by atoms with van der Waals surface area (Å²) < 4.78 is 6.70. The van der Waals surface area contributed by atoms with E-state index in [1.165, 1.54) is 5.56 Å². The van der Waals surface area contributed by atoms with Crippen LogP contribution in [-0.2, 0) is 17.6 Å². The summed E-state index contributed by atoms with van der Waals surface area (Å²) >= 11 is 0. The summed E-state index contributed by atoms with van der Waals surface area (Å²) in [7, 11) is 0. The third-order valence-corrected chi connectivity index (χ3v) is 6.82. The van der Waals surface area contributed by atoms with E-state index in [1.54, 1.807) is 22.7 Å². The zero-order chi connectivity index (χ0) is 24.4. The highest BCUT2D eigenvalue weighted by Gasteiger charge is 2.26. The van der Waals surface area contributed by atoms with Gasteiger partial charge in [-0.3, -0.25) is 4.79 Å². The Morgan fingerprint density at radius 1 is 1.11 bits per heavy atom. The van der Waals surface area contributed by atoms with Gasteiger partial charge in [0.15, 0.2) is 0 Å². The van der Waals surface area contributed by atoms with Gasteiger partial charge < -0.3 is 15.0 Å². The van der Waals surface area contributed by atoms with Gasteiger partial charge in [-0.1, -0.05) is 24.3 Å². The third-order valence-electron chi connectivity index (χ3n) is 6.82. The lowest BCUT2D eigenvalue weighted by molar-refractivity contribution is 0.0859. The first-order valence-electron chi connectivity index (χ1n) is 12.3. The van der Waals surface area contributed by atoms with Crippen molar-refractivity contribution in [3.8, 4) is 17.2 Å². The number of nitrogens with zero attached hydrogens (tertiary/aromatic N) is 5. The molecule has 1 aliphatic carbocycles. The Kier molecular flexibility index (Phi) is 6.48. The lowest BCUT2D eigenvalue weighted by Crippen LogP contribution is -2.46. The summed E-state index contributed by atoms with van der Waals surface area (Å²) in [6, 6.07) is 8.36. The van der Waals surface area contributed by atoms with Crippen LogP contribution in [0.25, 0.3) is 17.2 Å². The van der Waals surface area contributed by atoms with Crippen LogP contribution in [0.4, 0.5) is 4.79 Å². The average molecular weight is 475 g/mol. The predicted molar refractivity (Wildman–Crippen MR) is 130 cm³/mol. The topological polar surface area (TPSA) is 102 Å². The van der Waals surface area contributed by atoms with Gasteiger partial charge in [-0.2, -0.15) is 5.10 Å². The molecular formula is C26H30N6O3. The summed E-state index contributed by atoms with van der Waals surface area (Å²) in [4.78, 5) is 36.1. The van der Waals surface area contributed by atoms with Gasteiger partial charge in [0.05, 0.1) is 29.8 Å². The number of benzene rings is 1. The Morgan fingerprint density at radius 3 is 2.69 bits per heavy atom. The van der Waals surface area contributed by atoms with Gasteiger partial charge in [-0.25, -0.2) is 19.4 Å². The maximum atomic E-state index is 13.0. The molecule has 1 saturated heterocycles. The Balaban J connectivity index is 1.32. The van der Waals surface area contributed by atoms with Crippen molar-refractivity contribution < 1.29 is 14.3 Å². The number of hydrogen-bond acceptors (Lipinski definition) is 6. The van der Waals surface area contributed by atoms with E-state index in [4.69, 9.17) is 9.72 Å². The zero-order valence-corrected chi connectivity index (χ0v) is 20.2. The van der Waals surface area contributed by atoms with Gasteiger partial charge >= 0.3 is 6.09 Å². The molecule has 0 atom stereocenters. The van der Waals surface area contributed by atoms with Crippen molar-refractivity contribution in [1.29, 1.82) is 0 Å². The first-order valence-corrected chi connectivity index (χ1v) is 12.3. The van der Waals surface area contributed by atoms with Crippen LogP contribution in [-0.4, -0.2) is 62.4 Å². The molecule has 35 heavy (non-hydrogen) atoms. The molecule has 3 heterocycles. The van der Waals surface area contributed by atoms with E-state index in [1.807, 2.05) is 19.2 Å². The van der Waals surface area contributed by atoms with E-state index in [2.05, 4.69) is 33.6 Å². The molecule has 182 valence electrons. The fourth-order valence-electron chi connectivity index (χ4n) is 4.87. The number of rotatable bonds is 4. The molecule has 3 aromatic rings. The van der Waals surface area contributed by atoms with Crippen LogP contribution in [0.15, 0.2) is 36.7 Å². The summed E-state index contributed by atoms with van der Waals surface area (Å²) in [5, 5.41) is 7.54. The molecule has 2 amide bonds. The molecule has 0 radical (unpaired) electrons. The number of aromatic nitrogens is 4. The molecule has 1 fully saturated rings. The molecule has 0 unspecified atom stereocenters. The molecule has 0 saturated carbocycles. The minimum Gasteiger partial charge on any atom is -0.450 e. The van der Waals surface area contributed by atoms with E-state index in [-0.39, 0.29) is 18.0 Å². The van der Waals surface area contributed by atoms with Gasteiger partial charge in [0.1, 0.15) is 0 Å². The minimum atomic E-state index is -0.294. The standard InChI is InChI=1S/C26H30N6O3/c1-3-35-26(34)31-13-11-20(12-14-31)29-24(33)22-16-28-32(17(22)2)25-27-15-19-9-6-8-18-7-4-5-10-21(18)23(19)30-25/h4-5,7,10,15-16,20H,3,6,8-9,11-14H2,1-2H3,(H,29,33). The summed E-state index contributed by atoms with van der Waals surface area (Å²) in [6.45, 7) is 5.13. The molecule has 1 aromatic carbocycles. The second-order valence-electron chi connectivity index (χ2n) is 9.04. The molecule has 0 bridgehead atoms. The second-order valence-corrected chi connectivity index (χ2v) is 9.04. The maximum Gasteiger partial charge on any atom is 0.409 e. The molecular weight excluding hydrogens is 444 g/mol. The Bertz CT molecular complexity index is 1250. The number of nitrogens with one attached hydrogen (secondary N) is 1. The van der Waals surface area contributed by atoms with Crippen LogP contribution in [0.1, 0.15) is 53.4 Å². The number of hydrogen-bond donors (Lipinski definition) is 1. The van der Waals surface area contributed by atoms with Crippen LogP contribution in [0.3, 0.4) is 0 Å². The molecule has 9 nitrogen and oxygen atoms in total. The highest BCUT2D eigenvalue weighted by Crippen LogP contribution is 2.31. The van der Waals surface area contributed by atoms with Gasteiger partial charge in [0, 0.05) is 30.9 Å². The number of piperidine rings is 1. The molecule has 1 N–H and O–H groups in total. The SMILES string of the molecule is CCOC(=O)N1CCC(NC(=O)c2cnn(-c3ncc4c(n3)-c3ccccc3CCC4)c2C)CC1. The third kappa shape index (κ3) is 4.62. The van der Waals surface area contributed by atoms with E-state index in [9.17, 15) is 9.59 Å². The average Bonchev–Trinajstić information content (AvgIpc) is 3.16. The predicted octanol–water partition coefficient (Wildman–Crippen LogP) is 3.48. The zero-order valence-electron chi connectivity index (χ0n) is 20.2. The number of ether oxygens (including phenoxy) is 1. The van der Waals surface area contributed by atoms with Gasteiger partial charge in [-0.15, -0.1) is 0 Å². The van der Waals surface area contributed by atoms with Crippen molar-refractivity contribution in [3.05, 3.63) is 59.0 Å². The van der Waals surface area contributed by atoms with Crippen molar-refractivity contribution in [2.24, 2.45) is 0 Å². The van der Waals surface area contributed by atoms with Crippen molar-refractivity contribution in [1.82, 2.24) is 30.0 Å². The number of fused-ring (bicyclic) bond motifs is 3. The second kappa shape index (κ2) is 9.85. The van der Waals surface area contributed by atoms with E-state index >= 15 is 0 Å². The van der Waals surface area contributed by atoms with Crippen LogP contribution in [0.2, 0.25) is 0 Å². The molecule has 1 aliphatic heterocycles. The summed E-state index contributed by atoms with van der Waals surface area (Å²) in [6.07, 6.45) is 7.56. The number of amides is 2. The first-order chi connectivity index (χ1) is 17.0. The number of aryl methyl sites for hydroxylation is 2. The number of likely N-dealkylation sites (tertiary alicyclic amines) is 1. The van der Waals surface area contributed by atoms with E-state index in [0.29, 0.717) is 49.7 Å². The van der Waals surface area contributed by atoms with Gasteiger partial charge in [-0.05, 0) is 57.1 Å². The molecule has 5 rings (SSSR count). The van der Waals surface area contributed by atoms with Crippen LogP contribution < -0.4 is 5.32 Å². The van der Waals surface area contributed by atoms with E-state index < -0.39 is 0 Å². The number of carbonyl (C=O) groups is 2. The van der Waals surface area contributed by atoms with Crippen LogP contribution in [0, 0.1) is 6.92 Å². The highest BCUT2D eigenvalue weighted by atomic mass is 16.6. The van der Waals surface area contributed by atoms with E-state index in [0.717, 1.165) is 36.1 Å². The van der Waals surface area contributed by atoms with Crippen molar-refractivity contribution in [2.45, 2.75) is 52.0 Å². The largest absolute Gasteiger partial charge is 0.450 e. The Labute approximate surface area is 204 Å². The minimum absolute atomic E-state index is 0.00354. The van der Waals surface area contributed by atoms with Crippen molar-refractivity contribution >= 4 is 12.0 Å². The normalized spacial score (nSPS) is 15.7. The fourth-order valence-corrected chi connectivity index (χ4v) is 4.87. The smallest absolute Gasteiger partial charge is 0.409 e.